The van der Waals surface area contributed by atoms with Gasteiger partial charge in [-0.15, -0.1) is 0 Å². The maximum atomic E-state index is 12.6. The third kappa shape index (κ3) is 3.62. The number of amidine groups is 2. The van der Waals surface area contributed by atoms with Gasteiger partial charge >= 0.3 is 0 Å². The Balaban J connectivity index is 1.66. The molecule has 1 N–H and O–H groups in total. The quantitative estimate of drug-likeness (QED) is 0.640. The summed E-state index contributed by atoms with van der Waals surface area (Å²) in [5.74, 6) is -0.336. The first-order chi connectivity index (χ1) is 13.6. The molecule has 1 aromatic heterocycles. The first-order valence-corrected chi connectivity index (χ1v) is 10.6. The van der Waals surface area contributed by atoms with Crippen molar-refractivity contribution in [2.45, 2.75) is 26.2 Å². The van der Waals surface area contributed by atoms with Crippen LogP contribution in [0.2, 0.25) is 0 Å². The summed E-state index contributed by atoms with van der Waals surface area (Å²) >= 11 is 4.82. The van der Waals surface area contributed by atoms with Crippen LogP contribution in [0.15, 0.2) is 62.7 Å². The minimum atomic E-state index is -0.403. The highest BCUT2D eigenvalue weighted by Gasteiger charge is 2.35. The average molecular weight is 456 g/mol. The molecule has 0 spiro atoms. The lowest BCUT2D eigenvalue weighted by Gasteiger charge is -2.20. The standard InChI is InChI=1S/C20H18BrN5OS/c1-2-3-6-17-24-26-18(22)16(19(27)23-20(26)28-17)12-15-5-4-11-25(15)14-9-7-13(21)8-10-14/h4-5,7-12,22H,2-3,6H2,1H3/b16-12-,22-18?. The molecule has 1 aromatic carbocycles. The van der Waals surface area contributed by atoms with E-state index in [1.165, 1.54) is 16.8 Å². The summed E-state index contributed by atoms with van der Waals surface area (Å²) in [4.78, 5) is 16.7. The number of hydrogen-bond donors (Lipinski definition) is 1. The minimum absolute atomic E-state index is 0.0672. The number of halogens is 1. The molecule has 0 radical (unpaired) electrons. The smallest absolute Gasteiger partial charge is 0.283 e. The fraction of sp³-hybridized carbons (Fsp3) is 0.200. The molecule has 0 aliphatic carbocycles. The number of carbonyl (C=O) groups is 1. The SMILES string of the molecule is CCCCC1=NN2C(=N)/C(=C/c3cccn3-c3ccc(Br)cc3)C(=O)N=C2S1. The number of aliphatic imine (C=N–C) groups is 1. The van der Waals surface area contributed by atoms with E-state index in [-0.39, 0.29) is 11.4 Å². The van der Waals surface area contributed by atoms with Crippen LogP contribution in [0, 0.1) is 5.41 Å². The molecular formula is C20H18BrN5OS. The van der Waals surface area contributed by atoms with Gasteiger partial charge in [0.05, 0.1) is 5.57 Å². The Morgan fingerprint density at radius 3 is 2.79 bits per heavy atom. The lowest BCUT2D eigenvalue weighted by Crippen LogP contribution is -2.35. The Labute approximate surface area is 175 Å². The van der Waals surface area contributed by atoms with Crippen molar-refractivity contribution in [3.63, 3.8) is 0 Å². The van der Waals surface area contributed by atoms with E-state index in [9.17, 15) is 4.79 Å². The van der Waals surface area contributed by atoms with Gasteiger partial charge in [-0.05, 0) is 67.1 Å². The van der Waals surface area contributed by atoms with Crippen LogP contribution in [0.1, 0.15) is 31.9 Å². The summed E-state index contributed by atoms with van der Waals surface area (Å²) in [6.45, 7) is 2.12. The van der Waals surface area contributed by atoms with E-state index < -0.39 is 5.91 Å². The molecule has 2 aromatic rings. The normalized spacial score (nSPS) is 17.8. The summed E-state index contributed by atoms with van der Waals surface area (Å²) < 4.78 is 2.96. The Morgan fingerprint density at radius 1 is 1.25 bits per heavy atom. The molecule has 6 nitrogen and oxygen atoms in total. The minimum Gasteiger partial charge on any atom is -0.317 e. The Bertz CT molecular complexity index is 1040. The van der Waals surface area contributed by atoms with E-state index in [1.54, 1.807) is 6.08 Å². The first-order valence-electron chi connectivity index (χ1n) is 8.99. The summed E-state index contributed by atoms with van der Waals surface area (Å²) in [6, 6.07) is 11.7. The van der Waals surface area contributed by atoms with E-state index in [2.05, 4.69) is 32.9 Å². The average Bonchev–Trinajstić information content (AvgIpc) is 3.31. The number of carbonyl (C=O) groups excluding carboxylic acids is 1. The van der Waals surface area contributed by atoms with Gasteiger partial charge in [0.25, 0.3) is 5.91 Å². The number of amides is 1. The molecule has 0 bridgehead atoms. The van der Waals surface area contributed by atoms with Crippen LogP contribution in [0.5, 0.6) is 0 Å². The van der Waals surface area contributed by atoms with Crippen molar-refractivity contribution in [3.05, 3.63) is 58.3 Å². The van der Waals surface area contributed by atoms with Gasteiger partial charge in [0.1, 0.15) is 5.04 Å². The maximum absolute atomic E-state index is 12.6. The molecule has 142 valence electrons. The number of fused-ring (bicyclic) bond motifs is 1. The molecular weight excluding hydrogens is 438 g/mol. The number of hydrazone groups is 1. The van der Waals surface area contributed by atoms with Crippen LogP contribution < -0.4 is 0 Å². The van der Waals surface area contributed by atoms with E-state index in [1.807, 2.05) is 47.2 Å². The van der Waals surface area contributed by atoms with E-state index >= 15 is 0 Å². The van der Waals surface area contributed by atoms with Gasteiger partial charge < -0.3 is 4.57 Å². The van der Waals surface area contributed by atoms with Crippen molar-refractivity contribution in [2.75, 3.05) is 0 Å². The largest absolute Gasteiger partial charge is 0.317 e. The van der Waals surface area contributed by atoms with Gasteiger partial charge in [-0.3, -0.25) is 10.2 Å². The van der Waals surface area contributed by atoms with Gasteiger partial charge in [0.2, 0.25) is 5.17 Å². The summed E-state index contributed by atoms with van der Waals surface area (Å²) in [6.07, 6.45) is 6.56. The second kappa shape index (κ2) is 7.89. The Hall–Kier alpha value is -2.45. The molecule has 8 heteroatoms. The van der Waals surface area contributed by atoms with Crippen molar-refractivity contribution < 1.29 is 4.79 Å². The van der Waals surface area contributed by atoms with Crippen molar-refractivity contribution >= 4 is 55.7 Å². The lowest BCUT2D eigenvalue weighted by atomic mass is 10.1. The van der Waals surface area contributed by atoms with E-state index in [4.69, 9.17) is 5.41 Å². The molecule has 0 fully saturated rings. The fourth-order valence-corrected chi connectivity index (χ4v) is 4.15. The molecule has 2 aliphatic heterocycles. The van der Waals surface area contributed by atoms with Crippen LogP contribution >= 0.6 is 27.7 Å². The van der Waals surface area contributed by atoms with Crippen LogP contribution in [-0.4, -0.2) is 31.5 Å². The number of hydrogen-bond acceptors (Lipinski definition) is 4. The summed E-state index contributed by atoms with van der Waals surface area (Å²) in [5, 5.41) is 15.8. The van der Waals surface area contributed by atoms with Gasteiger partial charge in [0.15, 0.2) is 5.84 Å². The number of rotatable bonds is 5. The Morgan fingerprint density at radius 2 is 2.04 bits per heavy atom. The van der Waals surface area contributed by atoms with Crippen LogP contribution in [0.3, 0.4) is 0 Å². The monoisotopic (exact) mass is 455 g/mol. The zero-order valence-electron chi connectivity index (χ0n) is 15.2. The molecule has 2 aliphatic rings. The van der Waals surface area contributed by atoms with Crippen molar-refractivity contribution in [3.8, 4) is 5.69 Å². The molecule has 1 amide bonds. The molecule has 0 atom stereocenters. The van der Waals surface area contributed by atoms with Crippen LogP contribution in [0.4, 0.5) is 0 Å². The van der Waals surface area contributed by atoms with Crippen molar-refractivity contribution in [2.24, 2.45) is 10.1 Å². The van der Waals surface area contributed by atoms with Gasteiger partial charge in [-0.2, -0.15) is 15.1 Å². The third-order valence-electron chi connectivity index (χ3n) is 4.42. The number of unbranched alkanes of at least 4 members (excludes halogenated alkanes) is 1. The zero-order chi connectivity index (χ0) is 19.7. The van der Waals surface area contributed by atoms with Crippen LogP contribution in [-0.2, 0) is 4.79 Å². The molecule has 0 saturated carbocycles. The summed E-state index contributed by atoms with van der Waals surface area (Å²) in [7, 11) is 0. The third-order valence-corrected chi connectivity index (χ3v) is 5.91. The van der Waals surface area contributed by atoms with Gasteiger partial charge in [-0.1, -0.05) is 29.3 Å². The van der Waals surface area contributed by atoms with Crippen molar-refractivity contribution in [1.82, 2.24) is 9.58 Å². The highest BCUT2D eigenvalue weighted by Crippen LogP contribution is 2.30. The molecule has 28 heavy (non-hydrogen) atoms. The number of nitrogens with one attached hydrogen (secondary N) is 1. The first kappa shape index (κ1) is 18.9. The number of aromatic nitrogens is 1. The topological polar surface area (TPSA) is 73.8 Å². The van der Waals surface area contributed by atoms with Crippen molar-refractivity contribution in [1.29, 1.82) is 5.41 Å². The van der Waals surface area contributed by atoms with E-state index in [0.717, 1.165) is 40.2 Å². The Kier molecular flexibility index (Phi) is 5.32. The van der Waals surface area contributed by atoms with Crippen LogP contribution in [0.25, 0.3) is 11.8 Å². The van der Waals surface area contributed by atoms with Gasteiger partial charge in [0, 0.05) is 22.1 Å². The lowest BCUT2D eigenvalue weighted by molar-refractivity contribution is -0.114. The maximum Gasteiger partial charge on any atom is 0.283 e. The highest BCUT2D eigenvalue weighted by atomic mass is 79.9. The predicted octanol–water partition coefficient (Wildman–Crippen LogP) is 5.05. The highest BCUT2D eigenvalue weighted by molar-refractivity contribution is 9.10. The second-order valence-electron chi connectivity index (χ2n) is 6.40. The predicted molar refractivity (Wildman–Crippen MR) is 118 cm³/mol. The van der Waals surface area contributed by atoms with E-state index in [0.29, 0.717) is 5.17 Å². The molecule has 0 unspecified atom stereocenters. The zero-order valence-corrected chi connectivity index (χ0v) is 17.6. The number of benzene rings is 1. The molecule has 0 saturated heterocycles. The van der Waals surface area contributed by atoms with Gasteiger partial charge in [-0.25, -0.2) is 0 Å². The second-order valence-corrected chi connectivity index (χ2v) is 8.35. The fourth-order valence-electron chi connectivity index (χ4n) is 2.96. The number of nitrogens with zero attached hydrogens (tertiary/aromatic N) is 4. The summed E-state index contributed by atoms with van der Waals surface area (Å²) in [5.41, 5.74) is 2.01. The number of thioether (sulfide) groups is 1. The molecule has 4 rings (SSSR count). The molecule has 3 heterocycles.